The molecule has 0 aliphatic carbocycles. The van der Waals surface area contributed by atoms with Crippen LogP contribution in [0.5, 0.6) is 5.75 Å². The number of primary amides is 1. The van der Waals surface area contributed by atoms with Gasteiger partial charge in [-0.1, -0.05) is 0 Å². The molecule has 0 atom stereocenters. The Hall–Kier alpha value is -1.03. The summed E-state index contributed by atoms with van der Waals surface area (Å²) in [6.45, 7) is 2.52. The summed E-state index contributed by atoms with van der Waals surface area (Å²) < 4.78 is 5.28. The van der Waals surface area contributed by atoms with Gasteiger partial charge in [0, 0.05) is 0 Å². The van der Waals surface area contributed by atoms with Crippen LogP contribution in [-0.4, -0.2) is 12.5 Å². The molecule has 0 radical (unpaired) electrons. The van der Waals surface area contributed by atoms with Crippen LogP contribution in [0.25, 0.3) is 0 Å². The normalized spacial score (nSPS) is 9.75. The van der Waals surface area contributed by atoms with Gasteiger partial charge in [-0.3, -0.25) is 4.79 Å². The minimum atomic E-state index is -0.321. The number of hydrogen-bond donors (Lipinski definition) is 1. The van der Waals surface area contributed by atoms with Gasteiger partial charge in [-0.15, -0.1) is 11.3 Å². The Morgan fingerprint density at radius 3 is 3.08 bits per heavy atom. The number of amides is 1. The van der Waals surface area contributed by atoms with Gasteiger partial charge in [0.25, 0.3) is 0 Å². The molecule has 0 spiro atoms. The van der Waals surface area contributed by atoms with Crippen molar-refractivity contribution < 1.29 is 9.53 Å². The quantitative estimate of drug-likeness (QED) is 0.765. The van der Waals surface area contributed by atoms with Gasteiger partial charge >= 0.3 is 0 Å². The van der Waals surface area contributed by atoms with Crippen LogP contribution in [-0.2, 0) is 11.2 Å². The molecule has 66 valence electrons. The topological polar surface area (TPSA) is 52.3 Å². The summed E-state index contributed by atoms with van der Waals surface area (Å²) in [5.41, 5.74) is 5.06. The fraction of sp³-hybridized carbons (Fsp3) is 0.375. The van der Waals surface area contributed by atoms with E-state index < -0.39 is 0 Å². The molecular formula is C8H11NO2S. The van der Waals surface area contributed by atoms with E-state index in [9.17, 15) is 4.79 Å². The Kier molecular flexibility index (Phi) is 3.10. The Balaban J connectivity index is 2.69. The summed E-state index contributed by atoms with van der Waals surface area (Å²) in [6, 6.07) is 1.85. The van der Waals surface area contributed by atoms with E-state index in [-0.39, 0.29) is 12.3 Å². The first-order chi connectivity index (χ1) is 5.74. The van der Waals surface area contributed by atoms with Gasteiger partial charge in [-0.25, -0.2) is 0 Å². The first kappa shape index (κ1) is 9.06. The van der Waals surface area contributed by atoms with Crippen molar-refractivity contribution in [3.63, 3.8) is 0 Å². The molecule has 0 aromatic carbocycles. The molecule has 0 saturated heterocycles. The molecule has 0 unspecified atom stereocenters. The van der Waals surface area contributed by atoms with Crippen LogP contribution in [0.1, 0.15) is 11.8 Å². The van der Waals surface area contributed by atoms with Gasteiger partial charge in [0.05, 0.1) is 17.9 Å². The van der Waals surface area contributed by atoms with Crippen molar-refractivity contribution in [1.82, 2.24) is 0 Å². The summed E-state index contributed by atoms with van der Waals surface area (Å²) >= 11 is 1.49. The van der Waals surface area contributed by atoms with E-state index in [2.05, 4.69) is 0 Å². The lowest BCUT2D eigenvalue weighted by molar-refractivity contribution is -0.117. The highest BCUT2D eigenvalue weighted by Gasteiger charge is 2.07. The molecule has 0 bridgehead atoms. The van der Waals surface area contributed by atoms with Crippen LogP contribution in [0.15, 0.2) is 11.4 Å². The maximum absolute atomic E-state index is 10.6. The molecule has 0 aliphatic heterocycles. The molecule has 1 amide bonds. The highest BCUT2D eigenvalue weighted by molar-refractivity contribution is 7.10. The van der Waals surface area contributed by atoms with E-state index in [4.69, 9.17) is 10.5 Å². The maximum Gasteiger partial charge on any atom is 0.222 e. The Labute approximate surface area is 75.1 Å². The van der Waals surface area contributed by atoms with Gasteiger partial charge in [-0.2, -0.15) is 0 Å². The molecule has 4 heteroatoms. The molecule has 3 nitrogen and oxygen atoms in total. The van der Waals surface area contributed by atoms with E-state index in [1.165, 1.54) is 11.3 Å². The number of nitrogens with two attached hydrogens (primary N) is 1. The SMILES string of the molecule is CCOc1ccsc1CC(N)=O. The molecule has 0 aliphatic rings. The average molecular weight is 185 g/mol. The summed E-state index contributed by atoms with van der Waals surface area (Å²) in [4.78, 5) is 11.5. The smallest absolute Gasteiger partial charge is 0.222 e. The zero-order valence-electron chi connectivity index (χ0n) is 6.87. The van der Waals surface area contributed by atoms with E-state index >= 15 is 0 Å². The largest absolute Gasteiger partial charge is 0.493 e. The zero-order chi connectivity index (χ0) is 8.97. The lowest BCUT2D eigenvalue weighted by Gasteiger charge is -2.01. The minimum Gasteiger partial charge on any atom is -0.493 e. The minimum absolute atomic E-state index is 0.271. The van der Waals surface area contributed by atoms with E-state index in [1.807, 2.05) is 18.4 Å². The Bertz CT molecular complexity index is 270. The molecule has 1 rings (SSSR count). The van der Waals surface area contributed by atoms with Gasteiger partial charge in [0.1, 0.15) is 5.75 Å². The number of thiophene rings is 1. The van der Waals surface area contributed by atoms with E-state index in [0.29, 0.717) is 6.61 Å². The Morgan fingerprint density at radius 1 is 1.75 bits per heavy atom. The second kappa shape index (κ2) is 4.11. The molecule has 0 fully saturated rings. The van der Waals surface area contributed by atoms with Crippen molar-refractivity contribution in [3.05, 3.63) is 16.3 Å². The summed E-state index contributed by atoms with van der Waals surface area (Å²) in [5, 5.41) is 1.89. The Morgan fingerprint density at radius 2 is 2.50 bits per heavy atom. The van der Waals surface area contributed by atoms with Crippen molar-refractivity contribution in [2.24, 2.45) is 5.73 Å². The van der Waals surface area contributed by atoms with Crippen LogP contribution in [0.3, 0.4) is 0 Å². The predicted octanol–water partition coefficient (Wildman–Crippen LogP) is 1.17. The lowest BCUT2D eigenvalue weighted by atomic mass is 10.3. The molecule has 1 heterocycles. The number of ether oxygens (including phenoxy) is 1. The molecule has 2 N–H and O–H groups in total. The second-order valence-corrected chi connectivity index (χ2v) is 3.28. The van der Waals surface area contributed by atoms with E-state index in [0.717, 1.165) is 10.6 Å². The van der Waals surface area contributed by atoms with Crippen molar-refractivity contribution >= 4 is 17.2 Å². The van der Waals surface area contributed by atoms with Crippen LogP contribution in [0.2, 0.25) is 0 Å². The molecule has 1 aromatic heterocycles. The third-order valence-electron chi connectivity index (χ3n) is 1.34. The van der Waals surface area contributed by atoms with Crippen molar-refractivity contribution in [2.75, 3.05) is 6.61 Å². The monoisotopic (exact) mass is 185 g/mol. The molecule has 1 aromatic rings. The highest BCUT2D eigenvalue weighted by atomic mass is 32.1. The summed E-state index contributed by atoms with van der Waals surface area (Å²) in [6.07, 6.45) is 0.271. The summed E-state index contributed by atoms with van der Waals surface area (Å²) in [7, 11) is 0. The van der Waals surface area contributed by atoms with Crippen LogP contribution in [0, 0.1) is 0 Å². The standard InChI is InChI=1S/C8H11NO2S/c1-2-11-6-3-4-12-7(6)5-8(9)10/h3-4H,2,5H2,1H3,(H2,9,10). The van der Waals surface area contributed by atoms with Crippen LogP contribution >= 0.6 is 11.3 Å². The average Bonchev–Trinajstić information content (AvgIpc) is 2.37. The van der Waals surface area contributed by atoms with Crippen molar-refractivity contribution in [3.8, 4) is 5.75 Å². The zero-order valence-corrected chi connectivity index (χ0v) is 7.69. The third kappa shape index (κ3) is 2.23. The number of hydrogen-bond acceptors (Lipinski definition) is 3. The fourth-order valence-corrected chi connectivity index (χ4v) is 1.72. The lowest BCUT2D eigenvalue weighted by Crippen LogP contribution is -2.13. The first-order valence-corrected chi connectivity index (χ1v) is 4.59. The van der Waals surface area contributed by atoms with Gasteiger partial charge < -0.3 is 10.5 Å². The maximum atomic E-state index is 10.6. The first-order valence-electron chi connectivity index (χ1n) is 3.71. The molecule has 0 saturated carbocycles. The molecule has 12 heavy (non-hydrogen) atoms. The second-order valence-electron chi connectivity index (χ2n) is 2.28. The van der Waals surface area contributed by atoms with Gasteiger partial charge in [0.15, 0.2) is 0 Å². The van der Waals surface area contributed by atoms with Gasteiger partial charge in [-0.05, 0) is 18.4 Å². The third-order valence-corrected chi connectivity index (χ3v) is 2.24. The highest BCUT2D eigenvalue weighted by Crippen LogP contribution is 2.24. The van der Waals surface area contributed by atoms with Crippen LogP contribution in [0.4, 0.5) is 0 Å². The van der Waals surface area contributed by atoms with Gasteiger partial charge in [0.2, 0.25) is 5.91 Å². The van der Waals surface area contributed by atoms with Crippen LogP contribution < -0.4 is 10.5 Å². The molecular weight excluding hydrogens is 174 g/mol. The number of carbonyl (C=O) groups is 1. The van der Waals surface area contributed by atoms with E-state index in [1.54, 1.807) is 0 Å². The van der Waals surface area contributed by atoms with Crippen molar-refractivity contribution in [2.45, 2.75) is 13.3 Å². The predicted molar refractivity (Wildman–Crippen MR) is 48.4 cm³/mol. The fourth-order valence-electron chi connectivity index (χ4n) is 0.900. The summed E-state index contributed by atoms with van der Waals surface area (Å²) in [5.74, 6) is 0.458. The number of carbonyl (C=O) groups excluding carboxylic acids is 1. The van der Waals surface area contributed by atoms with Crippen molar-refractivity contribution in [1.29, 1.82) is 0 Å². The number of rotatable bonds is 4.